The summed E-state index contributed by atoms with van der Waals surface area (Å²) >= 11 is 0. The molecule has 32 heavy (non-hydrogen) atoms. The van der Waals surface area contributed by atoms with Crippen LogP contribution in [-0.2, 0) is 14.3 Å². The largest absolute Gasteiger partial charge is 0.462 e. The first-order valence-electron chi connectivity index (χ1n) is 11.6. The van der Waals surface area contributed by atoms with E-state index in [4.69, 9.17) is 4.74 Å². The van der Waals surface area contributed by atoms with Crippen LogP contribution in [0.25, 0.3) is 17.2 Å². The third kappa shape index (κ3) is 3.89. The first kappa shape index (κ1) is 21.0. The highest BCUT2D eigenvalue weighted by molar-refractivity contribution is 5.75. The molecule has 0 N–H and O–H groups in total. The number of ether oxygens (including phenoxy) is 1. The van der Waals surface area contributed by atoms with Crippen LogP contribution in [0.3, 0.4) is 0 Å². The van der Waals surface area contributed by atoms with Crippen molar-refractivity contribution in [2.45, 2.75) is 38.7 Å². The van der Waals surface area contributed by atoms with Crippen molar-refractivity contribution < 1.29 is 18.7 Å². The molecule has 2 heterocycles. The van der Waals surface area contributed by atoms with Crippen LogP contribution in [0.15, 0.2) is 48.7 Å². The topological polar surface area (TPSA) is 56.3 Å². The molecular formula is C27H28FNO3. The number of carbonyl (C=O) groups is 2. The molecule has 5 heteroatoms. The van der Waals surface area contributed by atoms with Crippen molar-refractivity contribution in [2.24, 2.45) is 35.5 Å². The SMILES string of the molecule is C[C@H]1OC(=O)[C@@H]2C[C@@H]3C[C@H](C=O)CC[C@H]3[C@H](/C=C/c3ccc(-c4cccc(F)c4)cn3)[C@H]12. The Kier molecular flexibility index (Phi) is 5.66. The van der Waals surface area contributed by atoms with Crippen LogP contribution in [0.1, 0.15) is 38.3 Å². The monoisotopic (exact) mass is 433 g/mol. The molecule has 0 unspecified atom stereocenters. The minimum atomic E-state index is -0.264. The van der Waals surface area contributed by atoms with Crippen LogP contribution in [-0.4, -0.2) is 23.3 Å². The van der Waals surface area contributed by atoms with E-state index in [1.165, 1.54) is 12.1 Å². The predicted octanol–water partition coefficient (Wildman–Crippen LogP) is 5.33. The van der Waals surface area contributed by atoms with Crippen molar-refractivity contribution in [1.29, 1.82) is 0 Å². The number of aromatic nitrogens is 1. The van der Waals surface area contributed by atoms with E-state index >= 15 is 0 Å². The molecule has 166 valence electrons. The predicted molar refractivity (Wildman–Crippen MR) is 120 cm³/mol. The number of cyclic esters (lactones) is 1. The van der Waals surface area contributed by atoms with E-state index < -0.39 is 0 Å². The molecule has 4 nitrogen and oxygen atoms in total. The number of hydrogen-bond acceptors (Lipinski definition) is 4. The standard InChI is InChI=1S/C27H28FNO3/c1-16-26-24(23-9-5-17(15-30)11-20(23)13-25(26)27(31)32-16)10-8-22-7-6-19(14-29-22)18-3-2-4-21(28)12-18/h2-4,6-8,10,12,14-17,20,23-26H,5,9,11,13H2,1H3/b10-8+/t16-,17-,20+,23-,24+,25-,26+/m1/s1. The number of nitrogens with zero attached hydrogens (tertiary/aromatic N) is 1. The van der Waals surface area contributed by atoms with Gasteiger partial charge in [0.1, 0.15) is 18.2 Å². The van der Waals surface area contributed by atoms with E-state index in [2.05, 4.69) is 11.1 Å². The molecule has 1 aliphatic heterocycles. The maximum Gasteiger partial charge on any atom is 0.309 e. The average molecular weight is 434 g/mol. The van der Waals surface area contributed by atoms with Gasteiger partial charge in [-0.2, -0.15) is 0 Å². The summed E-state index contributed by atoms with van der Waals surface area (Å²) in [5, 5.41) is 0. The highest BCUT2D eigenvalue weighted by Crippen LogP contribution is 2.54. The van der Waals surface area contributed by atoms with E-state index in [-0.39, 0.29) is 41.6 Å². The van der Waals surface area contributed by atoms with Crippen LogP contribution in [0.5, 0.6) is 0 Å². The van der Waals surface area contributed by atoms with Gasteiger partial charge in [-0.1, -0.05) is 24.3 Å². The molecule has 2 aliphatic carbocycles. The van der Waals surface area contributed by atoms with Gasteiger partial charge in [-0.25, -0.2) is 4.39 Å². The van der Waals surface area contributed by atoms with Gasteiger partial charge in [-0.3, -0.25) is 9.78 Å². The first-order valence-corrected chi connectivity index (χ1v) is 11.6. The molecular weight excluding hydrogens is 405 g/mol. The van der Waals surface area contributed by atoms with Gasteiger partial charge in [0.25, 0.3) is 0 Å². The van der Waals surface area contributed by atoms with Crippen LogP contribution >= 0.6 is 0 Å². The van der Waals surface area contributed by atoms with Crippen LogP contribution in [0.2, 0.25) is 0 Å². The van der Waals surface area contributed by atoms with E-state index in [0.29, 0.717) is 11.8 Å². The zero-order valence-electron chi connectivity index (χ0n) is 18.2. The third-order valence-corrected chi connectivity index (χ3v) is 7.81. The fourth-order valence-corrected chi connectivity index (χ4v) is 6.33. The number of rotatable bonds is 4. The van der Waals surface area contributed by atoms with Gasteiger partial charge < -0.3 is 9.53 Å². The molecule has 3 fully saturated rings. The second-order valence-electron chi connectivity index (χ2n) is 9.61. The normalized spacial score (nSPS) is 34.1. The summed E-state index contributed by atoms with van der Waals surface area (Å²) in [7, 11) is 0. The summed E-state index contributed by atoms with van der Waals surface area (Å²) in [6.45, 7) is 2.01. The molecule has 3 aliphatic rings. The van der Waals surface area contributed by atoms with Crippen molar-refractivity contribution in [3.05, 3.63) is 60.2 Å². The van der Waals surface area contributed by atoms with Crippen molar-refractivity contribution in [1.82, 2.24) is 4.98 Å². The summed E-state index contributed by atoms with van der Waals surface area (Å²) in [4.78, 5) is 28.5. The Labute approximate surface area is 187 Å². The number of hydrogen-bond donors (Lipinski definition) is 0. The molecule has 1 aromatic carbocycles. The summed E-state index contributed by atoms with van der Waals surface area (Å²) in [6.07, 6.45) is 10.7. The number of allylic oxidation sites excluding steroid dienone is 1. The summed E-state index contributed by atoms with van der Waals surface area (Å²) in [6, 6.07) is 10.4. The average Bonchev–Trinajstić information content (AvgIpc) is 3.09. The smallest absolute Gasteiger partial charge is 0.309 e. The highest BCUT2D eigenvalue weighted by Gasteiger charge is 2.54. The van der Waals surface area contributed by atoms with Gasteiger partial charge in [0.2, 0.25) is 0 Å². The summed E-state index contributed by atoms with van der Waals surface area (Å²) in [5.41, 5.74) is 2.51. The number of fused-ring (bicyclic) bond motifs is 2. The molecule has 5 rings (SSSR count). The fourth-order valence-electron chi connectivity index (χ4n) is 6.33. The zero-order chi connectivity index (χ0) is 22.2. The van der Waals surface area contributed by atoms with Crippen molar-refractivity contribution in [3.8, 4) is 11.1 Å². The number of carbonyl (C=O) groups excluding carboxylic acids is 2. The summed E-state index contributed by atoms with van der Waals surface area (Å²) in [5.74, 6) is 0.962. The molecule has 0 spiro atoms. The lowest BCUT2D eigenvalue weighted by Crippen LogP contribution is -2.44. The van der Waals surface area contributed by atoms with E-state index in [1.807, 2.05) is 31.2 Å². The molecule has 2 aromatic rings. The van der Waals surface area contributed by atoms with Gasteiger partial charge in [0.05, 0.1) is 11.6 Å². The first-order chi connectivity index (χ1) is 15.5. The van der Waals surface area contributed by atoms with Crippen molar-refractivity contribution in [3.63, 3.8) is 0 Å². The third-order valence-electron chi connectivity index (χ3n) is 7.81. The Morgan fingerprint density at radius 3 is 2.75 bits per heavy atom. The molecule has 1 aromatic heterocycles. The number of benzene rings is 1. The lowest BCUT2D eigenvalue weighted by Gasteiger charge is -2.46. The Morgan fingerprint density at radius 1 is 1.12 bits per heavy atom. The lowest BCUT2D eigenvalue weighted by molar-refractivity contribution is -0.144. The lowest BCUT2D eigenvalue weighted by atomic mass is 9.56. The van der Waals surface area contributed by atoms with Gasteiger partial charge in [-0.15, -0.1) is 0 Å². The Bertz CT molecular complexity index is 1030. The minimum Gasteiger partial charge on any atom is -0.462 e. The van der Waals surface area contributed by atoms with Crippen molar-refractivity contribution >= 4 is 18.3 Å². The van der Waals surface area contributed by atoms with Crippen LogP contribution < -0.4 is 0 Å². The number of esters is 1. The van der Waals surface area contributed by atoms with Crippen LogP contribution in [0, 0.1) is 41.3 Å². The zero-order valence-corrected chi connectivity index (χ0v) is 18.2. The fraction of sp³-hybridized carbons (Fsp3) is 0.444. The van der Waals surface area contributed by atoms with Gasteiger partial charge in [0, 0.05) is 23.6 Å². The van der Waals surface area contributed by atoms with Gasteiger partial charge >= 0.3 is 5.97 Å². The van der Waals surface area contributed by atoms with E-state index in [1.54, 1.807) is 12.3 Å². The van der Waals surface area contributed by atoms with Crippen LogP contribution in [0.4, 0.5) is 4.39 Å². The molecule has 0 amide bonds. The number of aldehydes is 1. The molecule has 2 saturated carbocycles. The second-order valence-corrected chi connectivity index (χ2v) is 9.61. The van der Waals surface area contributed by atoms with Gasteiger partial charge in [-0.05, 0) is 80.2 Å². The van der Waals surface area contributed by atoms with E-state index in [9.17, 15) is 14.0 Å². The maximum absolute atomic E-state index is 13.5. The summed E-state index contributed by atoms with van der Waals surface area (Å²) < 4.78 is 19.2. The molecule has 7 atom stereocenters. The Hall–Kier alpha value is -2.82. The quantitative estimate of drug-likeness (QED) is 0.483. The maximum atomic E-state index is 13.5. The molecule has 1 saturated heterocycles. The molecule has 0 bridgehead atoms. The van der Waals surface area contributed by atoms with Gasteiger partial charge in [0.15, 0.2) is 0 Å². The Morgan fingerprint density at radius 2 is 2.00 bits per heavy atom. The Balaban J connectivity index is 1.39. The highest BCUT2D eigenvalue weighted by atomic mass is 19.1. The second kappa shape index (κ2) is 8.61. The molecule has 0 radical (unpaired) electrons. The number of halogens is 1. The van der Waals surface area contributed by atoms with Crippen molar-refractivity contribution in [2.75, 3.05) is 0 Å². The van der Waals surface area contributed by atoms with E-state index in [0.717, 1.165) is 48.8 Å². The number of pyridine rings is 1. The minimum absolute atomic E-state index is 0.0744.